The Morgan fingerprint density at radius 3 is 2.65 bits per heavy atom. The number of alkyl halides is 4. The minimum atomic E-state index is -4.17. The molecule has 0 radical (unpaired) electrons. The highest BCUT2D eigenvalue weighted by Gasteiger charge is 2.43. The van der Waals surface area contributed by atoms with Crippen LogP contribution in [0.2, 0.25) is 0 Å². The molecule has 0 bridgehead atoms. The summed E-state index contributed by atoms with van der Waals surface area (Å²) in [5.41, 5.74) is 0. The van der Waals surface area contributed by atoms with Crippen molar-refractivity contribution in [3.8, 4) is 0 Å². The molecule has 1 N–H and O–H groups in total. The summed E-state index contributed by atoms with van der Waals surface area (Å²) in [6.07, 6.45) is -2.43. The molecular formula is C11H17ClF3NO. The highest BCUT2D eigenvalue weighted by Crippen LogP contribution is 2.39. The van der Waals surface area contributed by atoms with Crippen LogP contribution in [-0.2, 0) is 4.79 Å². The molecule has 0 aromatic heterocycles. The minimum absolute atomic E-state index is 0.0732. The zero-order valence-electron chi connectivity index (χ0n) is 9.52. The van der Waals surface area contributed by atoms with E-state index in [0.29, 0.717) is 31.7 Å². The molecule has 1 rings (SSSR count). The van der Waals surface area contributed by atoms with Crippen LogP contribution in [0.15, 0.2) is 0 Å². The lowest BCUT2D eigenvalue weighted by Crippen LogP contribution is -2.37. The van der Waals surface area contributed by atoms with Crippen LogP contribution in [-0.4, -0.2) is 24.5 Å². The Morgan fingerprint density at radius 2 is 2.06 bits per heavy atom. The van der Waals surface area contributed by atoms with Gasteiger partial charge in [0.1, 0.15) is 0 Å². The van der Waals surface area contributed by atoms with Gasteiger partial charge >= 0.3 is 6.18 Å². The number of hydrogen-bond donors (Lipinski definition) is 1. The maximum absolute atomic E-state index is 12.5. The molecule has 0 heterocycles. The molecule has 100 valence electrons. The Bertz CT molecular complexity index is 258. The summed E-state index contributed by atoms with van der Waals surface area (Å²) in [5, 5.41) is 2.63. The molecule has 0 aliphatic heterocycles. The first kappa shape index (κ1) is 14.6. The van der Waals surface area contributed by atoms with Crippen LogP contribution in [0.5, 0.6) is 0 Å². The Labute approximate surface area is 104 Å². The zero-order chi connectivity index (χ0) is 12.9. The summed E-state index contributed by atoms with van der Waals surface area (Å²) in [6, 6.07) is 0. The Balaban J connectivity index is 2.41. The van der Waals surface area contributed by atoms with E-state index in [1.165, 1.54) is 0 Å². The summed E-state index contributed by atoms with van der Waals surface area (Å²) in [7, 11) is 0. The molecule has 0 saturated heterocycles. The number of carbonyl (C=O) groups excluding carboxylic acids is 1. The van der Waals surface area contributed by atoms with E-state index in [1.54, 1.807) is 0 Å². The van der Waals surface area contributed by atoms with E-state index in [1.807, 2.05) is 0 Å². The van der Waals surface area contributed by atoms with Gasteiger partial charge in [0.2, 0.25) is 5.91 Å². The average Bonchev–Trinajstić information content (AvgIpc) is 2.28. The quantitative estimate of drug-likeness (QED) is 0.618. The van der Waals surface area contributed by atoms with Gasteiger partial charge in [-0.15, -0.1) is 11.6 Å². The van der Waals surface area contributed by atoms with Gasteiger partial charge in [-0.05, 0) is 25.7 Å². The third-order valence-electron chi connectivity index (χ3n) is 3.12. The van der Waals surface area contributed by atoms with Gasteiger partial charge in [0, 0.05) is 18.3 Å². The second kappa shape index (κ2) is 6.47. The van der Waals surface area contributed by atoms with E-state index in [-0.39, 0.29) is 18.7 Å². The van der Waals surface area contributed by atoms with Crippen LogP contribution in [0.4, 0.5) is 13.2 Å². The van der Waals surface area contributed by atoms with Crippen molar-refractivity contribution in [3.05, 3.63) is 0 Å². The normalized spacial score (nSPS) is 25.6. The maximum Gasteiger partial charge on any atom is 0.391 e. The summed E-state index contributed by atoms with van der Waals surface area (Å²) in [4.78, 5) is 11.6. The van der Waals surface area contributed by atoms with Gasteiger partial charge in [0.15, 0.2) is 0 Å². The molecule has 0 aromatic carbocycles. The molecule has 17 heavy (non-hydrogen) atoms. The van der Waals surface area contributed by atoms with Crippen LogP contribution in [0.3, 0.4) is 0 Å². The summed E-state index contributed by atoms with van der Waals surface area (Å²) >= 11 is 5.45. The van der Waals surface area contributed by atoms with E-state index in [0.717, 1.165) is 0 Å². The fourth-order valence-electron chi connectivity index (χ4n) is 2.15. The molecule has 0 spiro atoms. The van der Waals surface area contributed by atoms with Gasteiger partial charge in [-0.1, -0.05) is 6.42 Å². The van der Waals surface area contributed by atoms with Crippen molar-refractivity contribution >= 4 is 17.5 Å². The first-order valence-electron chi connectivity index (χ1n) is 5.85. The van der Waals surface area contributed by atoms with Gasteiger partial charge < -0.3 is 5.32 Å². The third kappa shape index (κ3) is 4.74. The van der Waals surface area contributed by atoms with Gasteiger partial charge in [0.05, 0.1) is 5.92 Å². The lowest BCUT2D eigenvalue weighted by atomic mass is 9.80. The van der Waals surface area contributed by atoms with Crippen molar-refractivity contribution in [2.24, 2.45) is 11.8 Å². The first-order valence-corrected chi connectivity index (χ1v) is 6.39. The highest BCUT2D eigenvalue weighted by molar-refractivity contribution is 6.17. The van der Waals surface area contributed by atoms with Crippen LogP contribution >= 0.6 is 11.6 Å². The number of rotatable bonds is 4. The fourth-order valence-corrected chi connectivity index (χ4v) is 2.28. The summed E-state index contributed by atoms with van der Waals surface area (Å²) in [6.45, 7) is 0.440. The predicted octanol–water partition coefficient (Wildman–Crippen LogP) is 3.10. The van der Waals surface area contributed by atoms with Gasteiger partial charge in [0.25, 0.3) is 0 Å². The standard InChI is InChI=1S/C11H17ClF3NO/c12-5-2-6-16-10(17)8-3-1-4-9(7-8)11(13,14)15/h8-9H,1-7H2,(H,16,17). The Hall–Kier alpha value is -0.450. The predicted molar refractivity (Wildman–Crippen MR) is 59.8 cm³/mol. The topological polar surface area (TPSA) is 29.1 Å². The van der Waals surface area contributed by atoms with Crippen molar-refractivity contribution in [1.82, 2.24) is 5.32 Å². The van der Waals surface area contributed by atoms with Crippen molar-refractivity contribution in [2.75, 3.05) is 12.4 Å². The fraction of sp³-hybridized carbons (Fsp3) is 0.909. The van der Waals surface area contributed by atoms with E-state index in [4.69, 9.17) is 11.6 Å². The maximum atomic E-state index is 12.5. The van der Waals surface area contributed by atoms with E-state index >= 15 is 0 Å². The third-order valence-corrected chi connectivity index (χ3v) is 3.38. The Kier molecular flexibility index (Phi) is 5.56. The second-order valence-corrected chi connectivity index (χ2v) is 4.81. The van der Waals surface area contributed by atoms with Gasteiger partial charge in [-0.2, -0.15) is 13.2 Å². The second-order valence-electron chi connectivity index (χ2n) is 4.44. The Morgan fingerprint density at radius 1 is 1.35 bits per heavy atom. The number of hydrogen-bond acceptors (Lipinski definition) is 1. The largest absolute Gasteiger partial charge is 0.391 e. The number of carbonyl (C=O) groups is 1. The van der Waals surface area contributed by atoms with Crippen molar-refractivity contribution in [1.29, 1.82) is 0 Å². The van der Waals surface area contributed by atoms with E-state index in [2.05, 4.69) is 5.32 Å². The van der Waals surface area contributed by atoms with Crippen LogP contribution in [0.25, 0.3) is 0 Å². The molecule has 1 aliphatic carbocycles. The molecule has 2 unspecified atom stereocenters. The van der Waals surface area contributed by atoms with E-state index < -0.39 is 18.0 Å². The molecular weight excluding hydrogens is 255 g/mol. The molecule has 1 saturated carbocycles. The molecule has 0 aromatic rings. The summed E-state index contributed by atoms with van der Waals surface area (Å²) in [5.74, 6) is -1.63. The molecule has 6 heteroatoms. The van der Waals surface area contributed by atoms with Crippen LogP contribution in [0.1, 0.15) is 32.1 Å². The van der Waals surface area contributed by atoms with E-state index in [9.17, 15) is 18.0 Å². The van der Waals surface area contributed by atoms with Crippen molar-refractivity contribution < 1.29 is 18.0 Å². The highest BCUT2D eigenvalue weighted by atomic mass is 35.5. The molecule has 1 fully saturated rings. The monoisotopic (exact) mass is 271 g/mol. The number of amides is 1. The molecule has 1 aliphatic rings. The van der Waals surface area contributed by atoms with Crippen LogP contribution < -0.4 is 5.32 Å². The average molecular weight is 272 g/mol. The molecule has 2 atom stereocenters. The van der Waals surface area contributed by atoms with Crippen molar-refractivity contribution in [3.63, 3.8) is 0 Å². The number of halogens is 4. The van der Waals surface area contributed by atoms with Gasteiger partial charge in [-0.25, -0.2) is 0 Å². The zero-order valence-corrected chi connectivity index (χ0v) is 10.3. The lowest BCUT2D eigenvalue weighted by molar-refractivity contribution is -0.186. The molecule has 2 nitrogen and oxygen atoms in total. The number of nitrogens with one attached hydrogen (secondary N) is 1. The molecule has 1 amide bonds. The summed E-state index contributed by atoms with van der Waals surface area (Å²) < 4.78 is 37.6. The van der Waals surface area contributed by atoms with Gasteiger partial charge in [-0.3, -0.25) is 4.79 Å². The smallest absolute Gasteiger partial charge is 0.356 e. The van der Waals surface area contributed by atoms with Crippen LogP contribution in [0, 0.1) is 11.8 Å². The first-order chi connectivity index (χ1) is 7.95. The minimum Gasteiger partial charge on any atom is -0.356 e. The van der Waals surface area contributed by atoms with Crippen molar-refractivity contribution in [2.45, 2.75) is 38.3 Å². The SMILES string of the molecule is O=C(NCCCCl)C1CCCC(C(F)(F)F)C1. The lowest BCUT2D eigenvalue weighted by Gasteiger charge is -2.29.